The molecule has 0 unspecified atom stereocenters. The molecule has 0 bridgehead atoms. The van der Waals surface area contributed by atoms with Gasteiger partial charge in [-0.25, -0.2) is 8.42 Å². The maximum atomic E-state index is 13.1. The second-order valence-corrected chi connectivity index (χ2v) is 9.88. The van der Waals surface area contributed by atoms with E-state index in [1.165, 1.54) is 0 Å². The van der Waals surface area contributed by atoms with Gasteiger partial charge >= 0.3 is 6.18 Å². The molecule has 31 heavy (non-hydrogen) atoms. The van der Waals surface area contributed by atoms with Crippen LogP contribution in [0.1, 0.15) is 24.0 Å². The van der Waals surface area contributed by atoms with Crippen molar-refractivity contribution in [3.05, 3.63) is 46.7 Å². The van der Waals surface area contributed by atoms with Crippen molar-refractivity contribution in [2.75, 3.05) is 20.1 Å². The lowest BCUT2D eigenvalue weighted by atomic mass is 9.96. The number of carbonyl (C=O) groups is 1. The molecule has 1 saturated heterocycles. The predicted octanol–water partition coefficient (Wildman–Crippen LogP) is 3.15. The minimum absolute atomic E-state index is 0.0451. The second-order valence-electron chi connectivity index (χ2n) is 7.53. The summed E-state index contributed by atoms with van der Waals surface area (Å²) in [6, 6.07) is 2.54. The lowest BCUT2D eigenvalue weighted by Gasteiger charge is -2.32. The highest BCUT2D eigenvalue weighted by Gasteiger charge is 2.37. The van der Waals surface area contributed by atoms with E-state index in [2.05, 4.69) is 5.10 Å². The molecule has 1 aromatic heterocycles. The largest absolute Gasteiger partial charge is 0.417 e. The number of hydrogen-bond acceptors (Lipinski definition) is 4. The zero-order chi connectivity index (χ0) is 23.0. The van der Waals surface area contributed by atoms with Gasteiger partial charge in [-0.15, -0.1) is 0 Å². The SMILES string of the molecule is CN(Cc1cnn(C)c1)C(=O)C1CCN(S(=O)(=O)c2ccc(Cl)c(C(F)(F)F)c2)CC1. The van der Waals surface area contributed by atoms with Gasteiger partial charge in [0.2, 0.25) is 15.9 Å². The Morgan fingerprint density at radius 2 is 1.94 bits per heavy atom. The van der Waals surface area contributed by atoms with E-state index in [-0.39, 0.29) is 37.8 Å². The molecule has 0 saturated carbocycles. The minimum Gasteiger partial charge on any atom is -0.341 e. The Bertz CT molecular complexity index is 1060. The van der Waals surface area contributed by atoms with Crippen molar-refractivity contribution >= 4 is 27.5 Å². The van der Waals surface area contributed by atoms with Crippen LogP contribution in [0.4, 0.5) is 13.2 Å². The highest BCUT2D eigenvalue weighted by molar-refractivity contribution is 7.89. The summed E-state index contributed by atoms with van der Waals surface area (Å²) in [7, 11) is -0.689. The molecule has 170 valence electrons. The molecule has 7 nitrogen and oxygen atoms in total. The van der Waals surface area contributed by atoms with E-state index in [1.807, 2.05) is 0 Å². The predicted molar refractivity (Wildman–Crippen MR) is 108 cm³/mol. The highest BCUT2D eigenvalue weighted by Crippen LogP contribution is 2.36. The van der Waals surface area contributed by atoms with Crippen LogP contribution in [-0.4, -0.2) is 53.4 Å². The molecule has 0 spiro atoms. The molecule has 0 radical (unpaired) electrons. The number of amides is 1. The summed E-state index contributed by atoms with van der Waals surface area (Å²) < 4.78 is 67.7. The molecule has 1 aliphatic heterocycles. The van der Waals surface area contributed by atoms with Crippen molar-refractivity contribution in [2.24, 2.45) is 13.0 Å². The molecular formula is C19H22ClF3N4O3S. The van der Waals surface area contributed by atoms with Gasteiger partial charge in [0, 0.05) is 51.4 Å². The molecule has 1 aliphatic rings. The normalized spacial score (nSPS) is 16.5. The first kappa shape index (κ1) is 23.6. The molecular weight excluding hydrogens is 457 g/mol. The van der Waals surface area contributed by atoms with Crippen molar-refractivity contribution < 1.29 is 26.4 Å². The molecule has 1 amide bonds. The number of rotatable bonds is 5. The third-order valence-electron chi connectivity index (χ3n) is 5.24. The first-order valence-corrected chi connectivity index (χ1v) is 11.3. The van der Waals surface area contributed by atoms with Crippen LogP contribution >= 0.6 is 11.6 Å². The summed E-state index contributed by atoms with van der Waals surface area (Å²) in [5.74, 6) is -0.462. The number of nitrogens with zero attached hydrogens (tertiary/aromatic N) is 4. The minimum atomic E-state index is -4.76. The maximum absolute atomic E-state index is 13.1. The average Bonchev–Trinajstić information content (AvgIpc) is 3.11. The Morgan fingerprint density at radius 3 is 2.48 bits per heavy atom. The first-order valence-electron chi connectivity index (χ1n) is 9.49. The summed E-state index contributed by atoms with van der Waals surface area (Å²) in [6.45, 7) is 0.475. The molecule has 3 rings (SSSR count). The quantitative estimate of drug-likeness (QED) is 0.661. The van der Waals surface area contributed by atoms with Crippen molar-refractivity contribution in [2.45, 2.75) is 30.5 Å². The fraction of sp³-hybridized carbons (Fsp3) is 0.474. The van der Waals surface area contributed by atoms with Crippen LogP contribution in [0.25, 0.3) is 0 Å². The number of alkyl halides is 3. The average molecular weight is 479 g/mol. The topological polar surface area (TPSA) is 75.5 Å². The number of benzene rings is 1. The number of carbonyl (C=O) groups excluding carboxylic acids is 1. The van der Waals surface area contributed by atoms with Crippen LogP contribution < -0.4 is 0 Å². The van der Waals surface area contributed by atoms with E-state index in [0.717, 1.165) is 22.0 Å². The van der Waals surface area contributed by atoms with E-state index in [9.17, 15) is 26.4 Å². The van der Waals surface area contributed by atoms with Crippen molar-refractivity contribution in [3.8, 4) is 0 Å². The molecule has 1 fully saturated rings. The molecule has 2 aromatic rings. The van der Waals surface area contributed by atoms with Crippen LogP contribution in [0.15, 0.2) is 35.5 Å². The van der Waals surface area contributed by atoms with E-state index < -0.39 is 31.7 Å². The van der Waals surface area contributed by atoms with Gasteiger partial charge in [-0.3, -0.25) is 9.48 Å². The number of piperidine rings is 1. The van der Waals surface area contributed by atoms with Crippen LogP contribution in [0.5, 0.6) is 0 Å². The third kappa shape index (κ3) is 5.21. The van der Waals surface area contributed by atoms with Gasteiger partial charge in [0.05, 0.1) is 21.7 Å². The van der Waals surface area contributed by atoms with Crippen LogP contribution in [-0.2, 0) is 34.6 Å². The molecule has 1 aromatic carbocycles. The standard InChI is InChI=1S/C19H22ClF3N4O3S/c1-25(11-13-10-24-26(2)12-13)18(28)14-5-7-27(8-6-14)31(29,30)15-3-4-17(20)16(9-15)19(21,22)23/h3-4,9-10,12,14H,5-8,11H2,1-2H3. The second kappa shape index (κ2) is 8.79. The zero-order valence-electron chi connectivity index (χ0n) is 16.9. The lowest BCUT2D eigenvalue weighted by Crippen LogP contribution is -2.43. The van der Waals surface area contributed by atoms with Crippen LogP contribution in [0.3, 0.4) is 0 Å². The maximum Gasteiger partial charge on any atom is 0.417 e. The molecule has 0 atom stereocenters. The van der Waals surface area contributed by atoms with Crippen molar-refractivity contribution in [1.82, 2.24) is 19.0 Å². The van der Waals surface area contributed by atoms with Gasteiger partial charge in [0.1, 0.15) is 0 Å². The van der Waals surface area contributed by atoms with Crippen molar-refractivity contribution in [1.29, 1.82) is 0 Å². The smallest absolute Gasteiger partial charge is 0.341 e. The van der Waals surface area contributed by atoms with Gasteiger partial charge < -0.3 is 4.90 Å². The highest BCUT2D eigenvalue weighted by atomic mass is 35.5. The van der Waals surface area contributed by atoms with Gasteiger partial charge in [0.15, 0.2) is 0 Å². The van der Waals surface area contributed by atoms with Crippen LogP contribution in [0.2, 0.25) is 5.02 Å². The van der Waals surface area contributed by atoms with Gasteiger partial charge in [-0.2, -0.15) is 22.6 Å². The van der Waals surface area contributed by atoms with E-state index in [0.29, 0.717) is 12.6 Å². The van der Waals surface area contributed by atoms with Crippen LogP contribution in [0, 0.1) is 5.92 Å². The van der Waals surface area contributed by atoms with Gasteiger partial charge in [0.25, 0.3) is 0 Å². The van der Waals surface area contributed by atoms with E-state index >= 15 is 0 Å². The fourth-order valence-electron chi connectivity index (χ4n) is 3.59. The summed E-state index contributed by atoms with van der Waals surface area (Å²) in [6.07, 6.45) is -0.717. The lowest BCUT2D eigenvalue weighted by molar-refractivity contribution is -0.138. The molecule has 0 aliphatic carbocycles. The van der Waals surface area contributed by atoms with E-state index in [1.54, 1.807) is 36.1 Å². The Morgan fingerprint density at radius 1 is 1.29 bits per heavy atom. The summed E-state index contributed by atoms with van der Waals surface area (Å²) in [4.78, 5) is 13.8. The molecule has 12 heteroatoms. The van der Waals surface area contributed by atoms with E-state index in [4.69, 9.17) is 11.6 Å². The summed E-state index contributed by atoms with van der Waals surface area (Å²) in [5, 5.41) is 3.50. The fourth-order valence-corrected chi connectivity index (χ4v) is 5.31. The Labute approximate surface area is 183 Å². The monoisotopic (exact) mass is 478 g/mol. The molecule has 2 heterocycles. The van der Waals surface area contributed by atoms with Gasteiger partial charge in [-0.1, -0.05) is 11.6 Å². The number of hydrogen-bond donors (Lipinski definition) is 0. The Balaban J connectivity index is 1.66. The third-order valence-corrected chi connectivity index (χ3v) is 7.46. The molecule has 0 N–H and O–H groups in total. The number of aryl methyl sites for hydroxylation is 1. The zero-order valence-corrected chi connectivity index (χ0v) is 18.5. The first-order chi connectivity index (χ1) is 14.4. The van der Waals surface area contributed by atoms with Gasteiger partial charge in [-0.05, 0) is 31.0 Å². The number of sulfonamides is 1. The summed E-state index contributed by atoms with van der Waals surface area (Å²) in [5.41, 5.74) is -0.320. The Kier molecular flexibility index (Phi) is 6.68. The number of aromatic nitrogens is 2. The van der Waals surface area contributed by atoms with Crippen molar-refractivity contribution in [3.63, 3.8) is 0 Å². The Hall–Kier alpha value is -2.11. The summed E-state index contributed by atoms with van der Waals surface area (Å²) >= 11 is 5.58. The number of halogens is 4.